The monoisotopic (exact) mass is 360 g/mol. The van der Waals surface area contributed by atoms with E-state index in [1.807, 2.05) is 37.3 Å². The minimum absolute atomic E-state index is 0.0288. The van der Waals surface area contributed by atoms with Gasteiger partial charge in [0.25, 0.3) is 0 Å². The maximum Gasteiger partial charge on any atom is 0.229 e. The van der Waals surface area contributed by atoms with E-state index in [2.05, 4.69) is 47.2 Å². The van der Waals surface area contributed by atoms with E-state index >= 15 is 0 Å². The van der Waals surface area contributed by atoms with Crippen molar-refractivity contribution < 1.29 is 4.79 Å². The van der Waals surface area contributed by atoms with Crippen molar-refractivity contribution in [2.45, 2.75) is 27.7 Å². The zero-order valence-corrected chi connectivity index (χ0v) is 16.2. The van der Waals surface area contributed by atoms with Gasteiger partial charge in [-0.2, -0.15) is 4.98 Å². The molecule has 0 spiro atoms. The highest BCUT2D eigenvalue weighted by Gasteiger charge is 2.12. The number of aromatic nitrogens is 2. The Morgan fingerprint density at radius 3 is 2.52 bits per heavy atom. The normalized spacial score (nSPS) is 10.5. The highest BCUT2D eigenvalue weighted by molar-refractivity contribution is 5.95. The van der Waals surface area contributed by atoms with Crippen LogP contribution in [0.15, 0.2) is 54.6 Å². The van der Waals surface area contributed by atoms with Crippen molar-refractivity contribution in [3.05, 3.63) is 71.4 Å². The highest BCUT2D eigenvalue weighted by Crippen LogP contribution is 2.26. The number of carbonyl (C=O) groups is 1. The number of hydrogen-bond acceptors (Lipinski definition) is 5. The molecule has 0 saturated heterocycles. The third-order valence-electron chi connectivity index (χ3n) is 4.27. The fourth-order valence-electron chi connectivity index (χ4n) is 2.96. The molecule has 0 aliphatic heterocycles. The van der Waals surface area contributed by atoms with Gasteiger partial charge in [0.2, 0.25) is 5.95 Å². The Morgan fingerprint density at radius 2 is 1.81 bits per heavy atom. The molecule has 2 aromatic carbocycles. The van der Waals surface area contributed by atoms with Crippen molar-refractivity contribution in [1.29, 1.82) is 0 Å². The lowest BCUT2D eigenvalue weighted by Gasteiger charge is -2.23. The predicted molar refractivity (Wildman–Crippen MR) is 110 cm³/mol. The van der Waals surface area contributed by atoms with Crippen molar-refractivity contribution >= 4 is 28.9 Å². The van der Waals surface area contributed by atoms with E-state index in [0.29, 0.717) is 11.5 Å². The maximum absolute atomic E-state index is 11.6. The maximum atomic E-state index is 11.6. The van der Waals surface area contributed by atoms with E-state index in [1.54, 1.807) is 13.0 Å². The second-order valence-corrected chi connectivity index (χ2v) is 6.54. The quantitative estimate of drug-likeness (QED) is 0.613. The third kappa shape index (κ3) is 4.50. The number of ketones is 1. The van der Waals surface area contributed by atoms with Crippen molar-refractivity contribution in [1.82, 2.24) is 9.97 Å². The molecule has 27 heavy (non-hydrogen) atoms. The number of nitrogens with zero attached hydrogens (tertiary/aromatic N) is 3. The van der Waals surface area contributed by atoms with Gasteiger partial charge in [0.05, 0.1) is 0 Å². The van der Waals surface area contributed by atoms with Crippen molar-refractivity contribution in [3.8, 4) is 0 Å². The topological polar surface area (TPSA) is 58.1 Å². The zero-order chi connectivity index (χ0) is 19.4. The number of nitrogens with one attached hydrogen (secondary N) is 1. The number of rotatable bonds is 6. The van der Waals surface area contributed by atoms with Crippen molar-refractivity contribution in [2.24, 2.45) is 0 Å². The van der Waals surface area contributed by atoms with Crippen molar-refractivity contribution in [2.75, 3.05) is 16.8 Å². The summed E-state index contributed by atoms with van der Waals surface area (Å²) in [6.45, 7) is 8.48. The molecule has 3 rings (SSSR count). The Kier molecular flexibility index (Phi) is 5.50. The SMILES string of the molecule is CCN(c1cccc(C)c1)c1cc(C)nc(Nc2cccc(C(C)=O)c2)n1. The molecule has 0 radical (unpaired) electrons. The molecular formula is C22H24N4O. The van der Waals surface area contributed by atoms with Gasteiger partial charge in [0.1, 0.15) is 5.82 Å². The van der Waals surface area contributed by atoms with Crippen LogP contribution in [0.4, 0.5) is 23.1 Å². The first-order valence-electron chi connectivity index (χ1n) is 9.04. The molecule has 5 nitrogen and oxygen atoms in total. The van der Waals surface area contributed by atoms with Gasteiger partial charge in [-0.15, -0.1) is 0 Å². The standard InChI is InChI=1S/C22H24N4O/c1-5-26(20-11-6-8-15(2)12-20)21-13-16(3)23-22(25-21)24-19-10-7-9-18(14-19)17(4)27/h6-14H,5H2,1-4H3,(H,23,24,25). The molecule has 1 aromatic heterocycles. The molecule has 138 valence electrons. The van der Waals surface area contributed by atoms with Crippen LogP contribution in [0.1, 0.15) is 35.5 Å². The summed E-state index contributed by atoms with van der Waals surface area (Å²) in [4.78, 5) is 23.0. The summed E-state index contributed by atoms with van der Waals surface area (Å²) < 4.78 is 0. The average molecular weight is 360 g/mol. The van der Waals surface area contributed by atoms with Gasteiger partial charge in [-0.1, -0.05) is 24.3 Å². The van der Waals surface area contributed by atoms with E-state index in [4.69, 9.17) is 4.98 Å². The van der Waals surface area contributed by atoms with Gasteiger partial charge in [-0.05, 0) is 57.5 Å². The molecule has 0 unspecified atom stereocenters. The number of aryl methyl sites for hydroxylation is 2. The average Bonchev–Trinajstić information content (AvgIpc) is 2.62. The number of benzene rings is 2. The van der Waals surface area contributed by atoms with Gasteiger partial charge in [-0.25, -0.2) is 4.98 Å². The molecule has 0 aliphatic carbocycles. The van der Waals surface area contributed by atoms with E-state index in [9.17, 15) is 4.79 Å². The van der Waals surface area contributed by atoms with E-state index < -0.39 is 0 Å². The number of anilines is 4. The molecule has 0 bridgehead atoms. The Morgan fingerprint density at radius 1 is 1.04 bits per heavy atom. The van der Waals surface area contributed by atoms with Gasteiger partial charge in [0, 0.05) is 35.2 Å². The van der Waals surface area contributed by atoms with Crippen LogP contribution in [0.25, 0.3) is 0 Å². The summed E-state index contributed by atoms with van der Waals surface area (Å²) >= 11 is 0. The first kappa shape index (κ1) is 18.6. The smallest absolute Gasteiger partial charge is 0.229 e. The molecular weight excluding hydrogens is 336 g/mol. The van der Waals surface area contributed by atoms with E-state index in [-0.39, 0.29) is 5.78 Å². The minimum atomic E-state index is 0.0288. The first-order chi connectivity index (χ1) is 13.0. The summed E-state index contributed by atoms with van der Waals surface area (Å²) in [6, 6.07) is 17.7. The zero-order valence-electron chi connectivity index (χ0n) is 16.2. The van der Waals surface area contributed by atoms with Gasteiger partial charge >= 0.3 is 0 Å². The lowest BCUT2D eigenvalue weighted by Crippen LogP contribution is -2.18. The molecule has 5 heteroatoms. The summed E-state index contributed by atoms with van der Waals surface area (Å²) in [5.74, 6) is 1.37. The molecule has 0 atom stereocenters. The molecule has 1 N–H and O–H groups in total. The third-order valence-corrected chi connectivity index (χ3v) is 4.27. The molecule has 0 fully saturated rings. The second-order valence-electron chi connectivity index (χ2n) is 6.54. The van der Waals surface area contributed by atoms with Crippen molar-refractivity contribution in [3.63, 3.8) is 0 Å². The largest absolute Gasteiger partial charge is 0.326 e. The first-order valence-corrected chi connectivity index (χ1v) is 9.04. The molecule has 3 aromatic rings. The van der Waals surface area contributed by atoms with Gasteiger partial charge in [-0.3, -0.25) is 4.79 Å². The fraction of sp³-hybridized carbons (Fsp3) is 0.227. The lowest BCUT2D eigenvalue weighted by atomic mass is 10.1. The van der Waals surface area contributed by atoms with Crippen LogP contribution in [-0.4, -0.2) is 22.3 Å². The summed E-state index contributed by atoms with van der Waals surface area (Å²) in [5.41, 5.74) is 4.62. The Labute approximate surface area is 160 Å². The van der Waals surface area contributed by atoms with Gasteiger partial charge in [0.15, 0.2) is 5.78 Å². The Balaban J connectivity index is 1.94. The molecule has 0 amide bonds. The Bertz CT molecular complexity index is 968. The van der Waals surface area contributed by atoms with Crippen LogP contribution in [-0.2, 0) is 0 Å². The molecule has 1 heterocycles. The van der Waals surface area contributed by atoms with Crippen LogP contribution < -0.4 is 10.2 Å². The summed E-state index contributed by atoms with van der Waals surface area (Å²) in [6.07, 6.45) is 0. The number of hydrogen-bond donors (Lipinski definition) is 1. The van der Waals surface area contributed by atoms with Crippen LogP contribution >= 0.6 is 0 Å². The highest BCUT2D eigenvalue weighted by atomic mass is 16.1. The molecule has 0 saturated carbocycles. The summed E-state index contributed by atoms with van der Waals surface area (Å²) in [5, 5.41) is 3.22. The van der Waals surface area contributed by atoms with E-state index in [0.717, 1.165) is 29.4 Å². The fourth-order valence-corrected chi connectivity index (χ4v) is 2.96. The second kappa shape index (κ2) is 7.99. The molecule has 0 aliphatic rings. The minimum Gasteiger partial charge on any atom is -0.326 e. The van der Waals surface area contributed by atoms with Crippen LogP contribution in [0.3, 0.4) is 0 Å². The van der Waals surface area contributed by atoms with E-state index in [1.165, 1.54) is 5.56 Å². The summed E-state index contributed by atoms with van der Waals surface area (Å²) in [7, 11) is 0. The van der Waals surface area contributed by atoms with Gasteiger partial charge < -0.3 is 10.2 Å². The predicted octanol–water partition coefficient (Wildman–Crippen LogP) is 5.20. The Hall–Kier alpha value is -3.21. The van der Waals surface area contributed by atoms with Crippen LogP contribution in [0, 0.1) is 13.8 Å². The lowest BCUT2D eigenvalue weighted by molar-refractivity contribution is 0.101. The number of Topliss-reactive ketones (excluding diaryl/α,β-unsaturated/α-hetero) is 1. The number of carbonyl (C=O) groups excluding carboxylic acids is 1. The van der Waals surface area contributed by atoms with Crippen LogP contribution in [0.5, 0.6) is 0 Å². The van der Waals surface area contributed by atoms with Crippen LogP contribution in [0.2, 0.25) is 0 Å².